The van der Waals surface area contributed by atoms with Crippen molar-refractivity contribution in [1.29, 1.82) is 5.41 Å². The van der Waals surface area contributed by atoms with Crippen LogP contribution in [0.5, 0.6) is 5.75 Å². The van der Waals surface area contributed by atoms with Crippen LogP contribution in [0.25, 0.3) is 0 Å². The molecule has 0 bridgehead atoms. The lowest BCUT2D eigenvalue weighted by Crippen LogP contribution is -2.30. The summed E-state index contributed by atoms with van der Waals surface area (Å²) in [6, 6.07) is 4.28. The molecule has 0 fully saturated rings. The minimum absolute atomic E-state index is 0.199. The van der Waals surface area contributed by atoms with E-state index in [4.69, 9.17) is 15.9 Å². The Kier molecular flexibility index (Phi) is 5.61. The Balaban J connectivity index is 2.41. The Morgan fingerprint density at radius 2 is 1.85 bits per heavy atom. The Labute approximate surface area is 123 Å². The first-order valence-electron chi connectivity index (χ1n) is 7.29. The Hall–Kier alpha value is -1.51. The van der Waals surface area contributed by atoms with Crippen molar-refractivity contribution in [2.24, 2.45) is 11.1 Å². The molecular formula is C17H28N2O. The van der Waals surface area contributed by atoms with Gasteiger partial charge in [0.05, 0.1) is 12.4 Å². The maximum atomic E-state index is 7.53. The van der Waals surface area contributed by atoms with Crippen LogP contribution in [-0.2, 0) is 0 Å². The molecule has 20 heavy (non-hydrogen) atoms. The molecule has 0 unspecified atom stereocenters. The predicted molar refractivity (Wildman–Crippen MR) is 85.7 cm³/mol. The zero-order chi connectivity index (χ0) is 15.3. The summed E-state index contributed by atoms with van der Waals surface area (Å²) in [4.78, 5) is 0. The van der Waals surface area contributed by atoms with Gasteiger partial charge in [-0.25, -0.2) is 0 Å². The smallest absolute Gasteiger partial charge is 0.122 e. The van der Waals surface area contributed by atoms with Crippen molar-refractivity contribution in [3.63, 3.8) is 0 Å². The van der Waals surface area contributed by atoms with Gasteiger partial charge in [0, 0.05) is 5.41 Å². The molecule has 1 aromatic carbocycles. The fraction of sp³-hybridized carbons (Fsp3) is 0.588. The standard InChI is InChI=1S/C17H28N2O/c1-12-10-13(2)14(3)15(11-12)20-9-7-6-8-17(4,5)16(18)19/h10-11H,6-9H2,1-5H3,(H3,18,19). The lowest BCUT2D eigenvalue weighted by Gasteiger charge is -2.22. The van der Waals surface area contributed by atoms with Crippen molar-refractivity contribution in [3.05, 3.63) is 28.8 Å². The number of aryl methyl sites for hydroxylation is 2. The maximum Gasteiger partial charge on any atom is 0.122 e. The second-order valence-corrected chi connectivity index (χ2v) is 6.31. The van der Waals surface area contributed by atoms with Crippen LogP contribution >= 0.6 is 0 Å². The van der Waals surface area contributed by atoms with Crippen LogP contribution in [0.1, 0.15) is 49.8 Å². The third kappa shape index (κ3) is 4.55. The monoisotopic (exact) mass is 276 g/mol. The van der Waals surface area contributed by atoms with E-state index < -0.39 is 0 Å². The van der Waals surface area contributed by atoms with Crippen molar-refractivity contribution >= 4 is 5.84 Å². The fourth-order valence-corrected chi connectivity index (χ4v) is 2.14. The molecule has 0 amide bonds. The number of benzene rings is 1. The molecule has 0 saturated carbocycles. The van der Waals surface area contributed by atoms with E-state index in [1.807, 2.05) is 13.8 Å². The molecule has 3 heteroatoms. The van der Waals surface area contributed by atoms with Gasteiger partial charge in [-0.3, -0.25) is 5.41 Å². The van der Waals surface area contributed by atoms with Gasteiger partial charge in [-0.2, -0.15) is 0 Å². The highest BCUT2D eigenvalue weighted by molar-refractivity contribution is 5.82. The zero-order valence-electron chi connectivity index (χ0n) is 13.5. The summed E-state index contributed by atoms with van der Waals surface area (Å²) >= 11 is 0. The largest absolute Gasteiger partial charge is 0.493 e. The highest BCUT2D eigenvalue weighted by atomic mass is 16.5. The maximum absolute atomic E-state index is 7.53. The van der Waals surface area contributed by atoms with Gasteiger partial charge in [0.15, 0.2) is 0 Å². The van der Waals surface area contributed by atoms with Gasteiger partial charge in [0.1, 0.15) is 5.75 Å². The molecule has 0 saturated heterocycles. The summed E-state index contributed by atoms with van der Waals surface area (Å²) in [5, 5.41) is 7.53. The van der Waals surface area contributed by atoms with E-state index in [-0.39, 0.29) is 11.3 Å². The Bertz CT molecular complexity index is 478. The summed E-state index contributed by atoms with van der Waals surface area (Å²) < 4.78 is 5.89. The van der Waals surface area contributed by atoms with Crippen LogP contribution < -0.4 is 10.5 Å². The SMILES string of the molecule is Cc1cc(C)c(C)c(OCCCCC(C)(C)C(=N)N)c1. The van der Waals surface area contributed by atoms with Crippen LogP contribution in [0.4, 0.5) is 0 Å². The summed E-state index contributed by atoms with van der Waals surface area (Å²) in [6.45, 7) is 11.1. The average Bonchev–Trinajstić information content (AvgIpc) is 2.34. The second kappa shape index (κ2) is 6.78. The number of rotatable bonds is 7. The molecule has 0 radical (unpaired) electrons. The molecule has 3 N–H and O–H groups in total. The van der Waals surface area contributed by atoms with Gasteiger partial charge in [-0.15, -0.1) is 0 Å². The molecule has 1 rings (SSSR count). The number of hydrogen-bond acceptors (Lipinski definition) is 2. The molecule has 112 valence electrons. The summed E-state index contributed by atoms with van der Waals surface area (Å²) in [5.41, 5.74) is 9.12. The molecule has 0 atom stereocenters. The highest BCUT2D eigenvalue weighted by Gasteiger charge is 2.20. The molecule has 0 spiro atoms. The third-order valence-corrected chi connectivity index (χ3v) is 3.95. The summed E-state index contributed by atoms with van der Waals surface area (Å²) in [6.07, 6.45) is 2.94. The zero-order valence-corrected chi connectivity index (χ0v) is 13.5. The Morgan fingerprint density at radius 3 is 2.45 bits per heavy atom. The van der Waals surface area contributed by atoms with Gasteiger partial charge in [0.25, 0.3) is 0 Å². The topological polar surface area (TPSA) is 59.1 Å². The van der Waals surface area contributed by atoms with E-state index in [2.05, 4.69) is 32.9 Å². The van der Waals surface area contributed by atoms with Crippen molar-refractivity contribution in [2.45, 2.75) is 53.9 Å². The molecule has 0 aliphatic carbocycles. The van der Waals surface area contributed by atoms with E-state index in [1.165, 1.54) is 16.7 Å². The van der Waals surface area contributed by atoms with E-state index >= 15 is 0 Å². The first-order chi connectivity index (χ1) is 9.24. The van der Waals surface area contributed by atoms with Crippen LogP contribution in [0.2, 0.25) is 0 Å². The predicted octanol–water partition coefficient (Wildman–Crippen LogP) is 4.12. The van der Waals surface area contributed by atoms with Crippen LogP contribution in [0.15, 0.2) is 12.1 Å². The number of nitrogens with one attached hydrogen (secondary N) is 1. The minimum Gasteiger partial charge on any atom is -0.493 e. The number of unbranched alkanes of at least 4 members (excludes halogenated alkanes) is 1. The van der Waals surface area contributed by atoms with Gasteiger partial charge in [-0.05, 0) is 62.8 Å². The van der Waals surface area contributed by atoms with E-state index in [9.17, 15) is 0 Å². The van der Waals surface area contributed by atoms with Crippen molar-refractivity contribution in [2.75, 3.05) is 6.61 Å². The lowest BCUT2D eigenvalue weighted by atomic mass is 9.86. The molecule has 0 heterocycles. The quantitative estimate of drug-likeness (QED) is 0.447. The molecular weight excluding hydrogens is 248 g/mol. The third-order valence-electron chi connectivity index (χ3n) is 3.95. The van der Waals surface area contributed by atoms with Gasteiger partial charge >= 0.3 is 0 Å². The average molecular weight is 276 g/mol. The highest BCUT2D eigenvalue weighted by Crippen LogP contribution is 2.25. The van der Waals surface area contributed by atoms with E-state index in [0.29, 0.717) is 0 Å². The van der Waals surface area contributed by atoms with E-state index in [1.54, 1.807) is 0 Å². The number of nitrogens with two attached hydrogens (primary N) is 1. The molecule has 0 aliphatic heterocycles. The van der Waals surface area contributed by atoms with Crippen LogP contribution in [-0.4, -0.2) is 12.4 Å². The minimum atomic E-state index is -0.199. The van der Waals surface area contributed by atoms with Gasteiger partial charge in [-0.1, -0.05) is 19.9 Å². The normalized spacial score (nSPS) is 11.4. The first-order valence-corrected chi connectivity index (χ1v) is 7.29. The molecule has 1 aromatic rings. The molecule has 3 nitrogen and oxygen atoms in total. The Morgan fingerprint density at radius 1 is 1.20 bits per heavy atom. The lowest BCUT2D eigenvalue weighted by molar-refractivity contribution is 0.294. The summed E-state index contributed by atoms with van der Waals surface area (Å²) in [7, 11) is 0. The molecule has 0 aliphatic rings. The summed E-state index contributed by atoms with van der Waals surface area (Å²) in [5.74, 6) is 1.26. The molecule has 0 aromatic heterocycles. The van der Waals surface area contributed by atoms with Gasteiger partial charge < -0.3 is 10.5 Å². The number of ether oxygens (including phenoxy) is 1. The number of amidine groups is 1. The second-order valence-electron chi connectivity index (χ2n) is 6.31. The first kappa shape index (κ1) is 16.5. The van der Waals surface area contributed by atoms with E-state index in [0.717, 1.165) is 31.6 Å². The fourth-order valence-electron chi connectivity index (χ4n) is 2.14. The van der Waals surface area contributed by atoms with Gasteiger partial charge in [0.2, 0.25) is 0 Å². The van der Waals surface area contributed by atoms with Crippen molar-refractivity contribution in [1.82, 2.24) is 0 Å². The van der Waals surface area contributed by atoms with Crippen molar-refractivity contribution < 1.29 is 4.74 Å². The van der Waals surface area contributed by atoms with Crippen LogP contribution in [0.3, 0.4) is 0 Å². The van der Waals surface area contributed by atoms with Crippen LogP contribution in [0, 0.1) is 31.6 Å². The number of hydrogen-bond donors (Lipinski definition) is 2. The van der Waals surface area contributed by atoms with Crippen molar-refractivity contribution in [3.8, 4) is 5.75 Å².